The minimum atomic E-state index is -0.964. The van der Waals surface area contributed by atoms with E-state index in [9.17, 15) is 14.7 Å². The third-order valence-electron chi connectivity index (χ3n) is 3.97. The van der Waals surface area contributed by atoms with Gasteiger partial charge in [0.1, 0.15) is 0 Å². The number of carbonyl (C=O) groups excluding carboxylic acids is 1. The highest BCUT2D eigenvalue weighted by Gasteiger charge is 2.55. The average molecular weight is 296 g/mol. The highest BCUT2D eigenvalue weighted by atomic mass is 35.5. The van der Waals surface area contributed by atoms with Crippen LogP contribution in [0.25, 0.3) is 0 Å². The van der Waals surface area contributed by atoms with Crippen molar-refractivity contribution >= 4 is 29.2 Å². The number of ether oxygens (including phenoxy) is 1. The Balaban J connectivity index is 1.76. The van der Waals surface area contributed by atoms with E-state index in [2.05, 4.69) is 5.32 Å². The molecular weight excluding hydrogens is 282 g/mol. The van der Waals surface area contributed by atoms with E-state index in [-0.39, 0.29) is 18.1 Å². The summed E-state index contributed by atoms with van der Waals surface area (Å²) in [4.78, 5) is 23.6. The molecule has 2 aliphatic heterocycles. The number of fused-ring (bicyclic) bond motifs is 2. The Morgan fingerprint density at radius 2 is 1.75 bits per heavy atom. The summed E-state index contributed by atoms with van der Waals surface area (Å²) in [6.45, 7) is 0. The number of anilines is 1. The lowest BCUT2D eigenvalue weighted by Gasteiger charge is -2.23. The molecule has 0 aliphatic carbocycles. The minimum Gasteiger partial charge on any atom is -0.481 e. The fourth-order valence-corrected chi connectivity index (χ4v) is 3.21. The highest BCUT2D eigenvalue weighted by molar-refractivity contribution is 6.30. The van der Waals surface area contributed by atoms with E-state index in [1.165, 1.54) is 0 Å². The third-order valence-corrected chi connectivity index (χ3v) is 4.22. The number of halogens is 1. The van der Waals surface area contributed by atoms with Crippen LogP contribution in [-0.4, -0.2) is 29.2 Å². The number of rotatable bonds is 3. The van der Waals surface area contributed by atoms with Crippen LogP contribution in [0.15, 0.2) is 24.3 Å². The van der Waals surface area contributed by atoms with Gasteiger partial charge in [-0.15, -0.1) is 0 Å². The van der Waals surface area contributed by atoms with Crippen molar-refractivity contribution in [2.24, 2.45) is 11.8 Å². The average Bonchev–Trinajstić information content (AvgIpc) is 3.01. The fourth-order valence-electron chi connectivity index (χ4n) is 3.08. The Hall–Kier alpha value is -1.59. The zero-order chi connectivity index (χ0) is 14.3. The second-order valence-electron chi connectivity index (χ2n) is 5.18. The van der Waals surface area contributed by atoms with E-state index in [1.54, 1.807) is 24.3 Å². The van der Waals surface area contributed by atoms with Crippen molar-refractivity contribution in [2.75, 3.05) is 5.32 Å². The first kappa shape index (κ1) is 13.4. The highest BCUT2D eigenvalue weighted by Crippen LogP contribution is 2.44. The van der Waals surface area contributed by atoms with Crippen LogP contribution < -0.4 is 5.32 Å². The van der Waals surface area contributed by atoms with Gasteiger partial charge in [0.05, 0.1) is 24.0 Å². The first-order chi connectivity index (χ1) is 9.56. The molecule has 4 atom stereocenters. The van der Waals surface area contributed by atoms with Crippen molar-refractivity contribution in [3.8, 4) is 0 Å². The predicted molar refractivity (Wildman–Crippen MR) is 72.6 cm³/mol. The monoisotopic (exact) mass is 295 g/mol. The molecule has 2 N–H and O–H groups in total. The number of amides is 1. The molecule has 5 nitrogen and oxygen atoms in total. The molecule has 0 radical (unpaired) electrons. The van der Waals surface area contributed by atoms with Gasteiger partial charge in [-0.05, 0) is 37.1 Å². The molecule has 1 aromatic rings. The van der Waals surface area contributed by atoms with Gasteiger partial charge in [-0.1, -0.05) is 11.6 Å². The summed E-state index contributed by atoms with van der Waals surface area (Å²) in [7, 11) is 0. The standard InChI is InChI=1S/C14H14ClNO4/c15-7-1-3-8(4-2-7)16-13(17)11-9-5-6-10(20-9)12(11)14(18)19/h1-4,9-12H,5-6H2,(H,16,17)(H,18,19)/t9-,10-,11+,12-/m1/s1. The van der Waals surface area contributed by atoms with Crippen LogP contribution in [0.3, 0.4) is 0 Å². The third kappa shape index (κ3) is 2.27. The second kappa shape index (κ2) is 5.07. The minimum absolute atomic E-state index is 0.284. The van der Waals surface area contributed by atoms with E-state index >= 15 is 0 Å². The van der Waals surface area contributed by atoms with Gasteiger partial charge in [0.25, 0.3) is 0 Å². The summed E-state index contributed by atoms with van der Waals surface area (Å²) in [5.41, 5.74) is 0.603. The first-order valence-corrected chi connectivity index (χ1v) is 6.89. The quantitative estimate of drug-likeness (QED) is 0.896. The molecule has 1 aromatic carbocycles. The number of aliphatic carboxylic acids is 1. The maximum Gasteiger partial charge on any atom is 0.310 e. The van der Waals surface area contributed by atoms with Crippen LogP contribution >= 0.6 is 11.6 Å². The molecule has 0 spiro atoms. The number of carboxylic acid groups (broad SMARTS) is 1. The molecule has 0 saturated carbocycles. The van der Waals surface area contributed by atoms with Gasteiger partial charge in [-0.2, -0.15) is 0 Å². The number of carboxylic acids is 1. The summed E-state index contributed by atoms with van der Waals surface area (Å²) < 4.78 is 5.57. The van der Waals surface area contributed by atoms with Gasteiger partial charge in [0.2, 0.25) is 5.91 Å². The van der Waals surface area contributed by atoms with Crippen LogP contribution in [0.5, 0.6) is 0 Å². The van der Waals surface area contributed by atoms with Crippen LogP contribution in [0, 0.1) is 11.8 Å². The lowest BCUT2D eigenvalue weighted by atomic mass is 9.78. The van der Waals surface area contributed by atoms with Crippen LogP contribution in [0.4, 0.5) is 5.69 Å². The Labute approximate surface area is 120 Å². The van der Waals surface area contributed by atoms with Gasteiger partial charge in [0.15, 0.2) is 0 Å². The molecule has 20 heavy (non-hydrogen) atoms. The Morgan fingerprint density at radius 3 is 2.35 bits per heavy atom. The fraction of sp³-hybridized carbons (Fsp3) is 0.429. The largest absolute Gasteiger partial charge is 0.481 e. The lowest BCUT2D eigenvalue weighted by Crippen LogP contribution is -2.40. The molecular formula is C14H14ClNO4. The molecule has 2 aliphatic rings. The second-order valence-corrected chi connectivity index (χ2v) is 5.61. The zero-order valence-corrected chi connectivity index (χ0v) is 11.3. The van der Waals surface area contributed by atoms with E-state index in [0.29, 0.717) is 17.1 Å². The molecule has 6 heteroatoms. The number of nitrogens with one attached hydrogen (secondary N) is 1. The summed E-state index contributed by atoms with van der Waals surface area (Å²) in [5.74, 6) is -2.64. The van der Waals surface area contributed by atoms with E-state index in [4.69, 9.17) is 16.3 Å². The summed E-state index contributed by atoms with van der Waals surface area (Å²) in [6.07, 6.45) is 0.839. The van der Waals surface area contributed by atoms with Gasteiger partial charge < -0.3 is 15.2 Å². The summed E-state index contributed by atoms with van der Waals surface area (Å²) in [5, 5.41) is 12.6. The summed E-state index contributed by atoms with van der Waals surface area (Å²) in [6, 6.07) is 6.71. The predicted octanol–water partition coefficient (Wildman–Crippen LogP) is 2.16. The normalized spacial score (nSPS) is 31.2. The molecule has 106 valence electrons. The maximum atomic E-state index is 12.3. The van der Waals surface area contributed by atoms with Crippen molar-refractivity contribution < 1.29 is 19.4 Å². The number of hydrogen-bond acceptors (Lipinski definition) is 3. The van der Waals surface area contributed by atoms with Crippen LogP contribution in [-0.2, 0) is 14.3 Å². The number of carbonyl (C=O) groups is 2. The Morgan fingerprint density at radius 1 is 1.15 bits per heavy atom. The van der Waals surface area contributed by atoms with Crippen molar-refractivity contribution in [3.05, 3.63) is 29.3 Å². The molecule has 2 saturated heterocycles. The van der Waals surface area contributed by atoms with Crippen molar-refractivity contribution in [2.45, 2.75) is 25.0 Å². The molecule has 3 rings (SSSR count). The lowest BCUT2D eigenvalue weighted by molar-refractivity contribution is -0.147. The Kier molecular flexibility index (Phi) is 3.40. The van der Waals surface area contributed by atoms with Gasteiger partial charge in [0, 0.05) is 10.7 Å². The van der Waals surface area contributed by atoms with Crippen molar-refractivity contribution in [1.82, 2.24) is 0 Å². The number of hydrogen-bond donors (Lipinski definition) is 2. The summed E-state index contributed by atoms with van der Waals surface area (Å²) >= 11 is 5.78. The molecule has 2 heterocycles. The molecule has 2 bridgehead atoms. The maximum absolute atomic E-state index is 12.3. The van der Waals surface area contributed by atoms with E-state index in [1.807, 2.05) is 0 Å². The van der Waals surface area contributed by atoms with E-state index < -0.39 is 17.8 Å². The number of benzene rings is 1. The van der Waals surface area contributed by atoms with Gasteiger partial charge in [-0.3, -0.25) is 9.59 Å². The molecule has 0 unspecified atom stereocenters. The van der Waals surface area contributed by atoms with Gasteiger partial charge in [-0.25, -0.2) is 0 Å². The van der Waals surface area contributed by atoms with Crippen LogP contribution in [0.1, 0.15) is 12.8 Å². The molecule has 2 fully saturated rings. The zero-order valence-electron chi connectivity index (χ0n) is 10.6. The molecule has 1 amide bonds. The Bertz CT molecular complexity index is 545. The first-order valence-electron chi connectivity index (χ1n) is 6.51. The smallest absolute Gasteiger partial charge is 0.310 e. The van der Waals surface area contributed by atoms with Crippen molar-refractivity contribution in [1.29, 1.82) is 0 Å². The van der Waals surface area contributed by atoms with E-state index in [0.717, 1.165) is 6.42 Å². The topological polar surface area (TPSA) is 75.6 Å². The van der Waals surface area contributed by atoms with Crippen molar-refractivity contribution in [3.63, 3.8) is 0 Å². The molecule has 0 aromatic heterocycles. The van der Waals surface area contributed by atoms with Gasteiger partial charge >= 0.3 is 5.97 Å². The van der Waals surface area contributed by atoms with Crippen LogP contribution in [0.2, 0.25) is 5.02 Å². The SMILES string of the molecule is O=C(Nc1ccc(Cl)cc1)[C@@H]1[C@H](C(=O)O)[C@H]2CC[C@H]1O2.